The van der Waals surface area contributed by atoms with Gasteiger partial charge in [0.1, 0.15) is 0 Å². The highest BCUT2D eigenvalue weighted by atomic mass is 16.1. The molecule has 0 bridgehead atoms. The summed E-state index contributed by atoms with van der Waals surface area (Å²) in [6.45, 7) is 3.80. The molecule has 2 saturated carbocycles. The van der Waals surface area contributed by atoms with Gasteiger partial charge in [-0.1, -0.05) is 19.8 Å². The summed E-state index contributed by atoms with van der Waals surface area (Å²) >= 11 is 0. The molecule has 3 heteroatoms. The minimum absolute atomic E-state index is 0.206. The predicted octanol–water partition coefficient (Wildman–Crippen LogP) is 2.45. The molecule has 0 aromatic heterocycles. The Bertz CT molecular complexity index is 276. The molecule has 2 aliphatic rings. The molecule has 0 saturated heterocycles. The lowest BCUT2D eigenvalue weighted by molar-refractivity contribution is -0.126. The first-order valence-electron chi connectivity index (χ1n) is 7.63. The van der Waals surface area contributed by atoms with Crippen LogP contribution in [0.15, 0.2) is 0 Å². The number of amides is 1. The molecule has 0 aromatic rings. The number of hydrogen-bond acceptors (Lipinski definition) is 2. The summed E-state index contributed by atoms with van der Waals surface area (Å²) < 4.78 is 0. The fourth-order valence-electron chi connectivity index (χ4n) is 3.52. The molecule has 3 nitrogen and oxygen atoms in total. The fraction of sp³-hybridized carbons (Fsp3) is 0.933. The zero-order valence-corrected chi connectivity index (χ0v) is 11.7. The summed E-state index contributed by atoms with van der Waals surface area (Å²) in [5.41, 5.74) is 6.11. The highest BCUT2D eigenvalue weighted by molar-refractivity contribution is 5.78. The maximum absolute atomic E-state index is 12.2. The number of nitrogens with two attached hydrogens (primary N) is 1. The van der Waals surface area contributed by atoms with E-state index in [1.54, 1.807) is 0 Å². The minimum atomic E-state index is 0.206. The van der Waals surface area contributed by atoms with Crippen molar-refractivity contribution < 1.29 is 4.79 Å². The molecular weight excluding hydrogens is 224 g/mol. The van der Waals surface area contributed by atoms with Crippen molar-refractivity contribution in [3.05, 3.63) is 0 Å². The van der Waals surface area contributed by atoms with Crippen LogP contribution in [-0.2, 0) is 4.79 Å². The largest absolute Gasteiger partial charge is 0.355 e. The van der Waals surface area contributed by atoms with Crippen molar-refractivity contribution in [2.75, 3.05) is 13.1 Å². The first-order chi connectivity index (χ1) is 8.65. The Hall–Kier alpha value is -0.570. The van der Waals surface area contributed by atoms with Gasteiger partial charge in [-0.15, -0.1) is 0 Å². The molecule has 0 unspecified atom stereocenters. The lowest BCUT2D eigenvalue weighted by Gasteiger charge is -2.30. The summed E-state index contributed by atoms with van der Waals surface area (Å²) in [5.74, 6) is 1.35. The van der Waals surface area contributed by atoms with Crippen LogP contribution in [0.1, 0.15) is 58.3 Å². The van der Waals surface area contributed by atoms with Crippen molar-refractivity contribution in [3.8, 4) is 0 Å². The van der Waals surface area contributed by atoms with Crippen molar-refractivity contribution in [1.29, 1.82) is 0 Å². The predicted molar refractivity (Wildman–Crippen MR) is 74.1 cm³/mol. The molecule has 0 atom stereocenters. The van der Waals surface area contributed by atoms with Crippen molar-refractivity contribution in [3.63, 3.8) is 0 Å². The summed E-state index contributed by atoms with van der Waals surface area (Å²) in [4.78, 5) is 12.2. The molecule has 0 heterocycles. The summed E-state index contributed by atoms with van der Waals surface area (Å²) in [6.07, 6.45) is 9.48. The molecule has 2 fully saturated rings. The Morgan fingerprint density at radius 2 is 1.83 bits per heavy atom. The molecule has 104 valence electrons. The first kappa shape index (κ1) is 13.9. The van der Waals surface area contributed by atoms with Crippen molar-refractivity contribution in [2.45, 2.75) is 58.3 Å². The van der Waals surface area contributed by atoms with Crippen molar-refractivity contribution in [1.82, 2.24) is 5.32 Å². The fourth-order valence-corrected chi connectivity index (χ4v) is 3.52. The van der Waals surface area contributed by atoms with Gasteiger partial charge in [0, 0.05) is 12.5 Å². The third kappa shape index (κ3) is 3.25. The van der Waals surface area contributed by atoms with Crippen LogP contribution >= 0.6 is 0 Å². The van der Waals surface area contributed by atoms with Gasteiger partial charge in [-0.05, 0) is 56.4 Å². The van der Waals surface area contributed by atoms with E-state index < -0.39 is 0 Å². The number of nitrogens with one attached hydrogen (secondary N) is 1. The highest BCUT2D eigenvalue weighted by Crippen LogP contribution is 2.36. The molecule has 3 N–H and O–H groups in total. The molecule has 0 aromatic carbocycles. The maximum Gasteiger partial charge on any atom is 0.223 e. The molecule has 1 amide bonds. The molecule has 18 heavy (non-hydrogen) atoms. The van der Waals surface area contributed by atoms with E-state index in [1.165, 1.54) is 38.5 Å². The van der Waals surface area contributed by atoms with E-state index in [0.717, 1.165) is 31.8 Å². The Kier molecular flexibility index (Phi) is 4.66. The van der Waals surface area contributed by atoms with E-state index in [0.29, 0.717) is 0 Å². The second-order valence-corrected chi connectivity index (χ2v) is 6.59. The van der Waals surface area contributed by atoms with E-state index in [2.05, 4.69) is 12.2 Å². The lowest BCUT2D eigenvalue weighted by Crippen LogP contribution is -2.43. The van der Waals surface area contributed by atoms with Gasteiger partial charge >= 0.3 is 0 Å². The van der Waals surface area contributed by atoms with Crippen molar-refractivity contribution in [2.24, 2.45) is 23.0 Å². The summed E-state index contributed by atoms with van der Waals surface area (Å²) in [6, 6.07) is 0. The smallest absolute Gasteiger partial charge is 0.223 e. The zero-order chi connectivity index (χ0) is 13.0. The van der Waals surface area contributed by atoms with E-state index in [9.17, 15) is 4.79 Å². The number of hydrogen-bond donors (Lipinski definition) is 2. The van der Waals surface area contributed by atoms with Gasteiger partial charge in [-0.2, -0.15) is 0 Å². The third-order valence-corrected chi connectivity index (χ3v) is 5.12. The Labute approximate surface area is 111 Å². The monoisotopic (exact) mass is 252 g/mol. The number of rotatable bonds is 4. The van der Waals surface area contributed by atoms with E-state index in [-0.39, 0.29) is 17.2 Å². The topological polar surface area (TPSA) is 55.1 Å². The van der Waals surface area contributed by atoms with Crippen molar-refractivity contribution >= 4 is 5.91 Å². The van der Waals surface area contributed by atoms with Crippen LogP contribution in [0.25, 0.3) is 0 Å². The van der Waals surface area contributed by atoms with Gasteiger partial charge in [0.2, 0.25) is 5.91 Å². The van der Waals surface area contributed by atoms with Gasteiger partial charge < -0.3 is 11.1 Å². The standard InChI is InChI=1S/C15H28N2O/c1-12-4-6-13(7-5-12)14(18)17-11-15(10-16)8-2-3-9-15/h12-13H,2-11,16H2,1H3,(H,17,18). The Morgan fingerprint density at radius 3 is 2.39 bits per heavy atom. The average Bonchev–Trinajstić information content (AvgIpc) is 2.86. The summed E-state index contributed by atoms with van der Waals surface area (Å²) in [5, 5.41) is 3.18. The zero-order valence-electron chi connectivity index (χ0n) is 11.7. The average molecular weight is 252 g/mol. The second kappa shape index (κ2) is 6.05. The third-order valence-electron chi connectivity index (χ3n) is 5.12. The van der Waals surface area contributed by atoms with E-state index >= 15 is 0 Å². The first-order valence-corrected chi connectivity index (χ1v) is 7.63. The quantitative estimate of drug-likeness (QED) is 0.807. The van der Waals surface area contributed by atoms with Crippen LogP contribution in [0.2, 0.25) is 0 Å². The maximum atomic E-state index is 12.2. The Morgan fingerprint density at radius 1 is 1.22 bits per heavy atom. The molecule has 2 aliphatic carbocycles. The van der Waals surface area contributed by atoms with E-state index in [4.69, 9.17) is 5.73 Å². The molecule has 2 rings (SSSR count). The van der Waals surface area contributed by atoms with Crippen LogP contribution in [0.5, 0.6) is 0 Å². The molecule has 0 radical (unpaired) electrons. The van der Waals surface area contributed by atoms with Crippen LogP contribution in [0.3, 0.4) is 0 Å². The lowest BCUT2D eigenvalue weighted by atomic mass is 9.82. The minimum Gasteiger partial charge on any atom is -0.355 e. The SMILES string of the molecule is CC1CCC(C(=O)NCC2(CN)CCCC2)CC1. The van der Waals surface area contributed by atoms with Gasteiger partial charge in [0.15, 0.2) is 0 Å². The normalized spacial score (nSPS) is 31.2. The number of carbonyl (C=O) groups is 1. The van der Waals surface area contributed by atoms with Gasteiger partial charge in [-0.25, -0.2) is 0 Å². The summed E-state index contributed by atoms with van der Waals surface area (Å²) in [7, 11) is 0. The van der Waals surface area contributed by atoms with Gasteiger partial charge in [0.05, 0.1) is 0 Å². The second-order valence-electron chi connectivity index (χ2n) is 6.59. The van der Waals surface area contributed by atoms with Crippen LogP contribution < -0.4 is 11.1 Å². The van der Waals surface area contributed by atoms with Gasteiger partial charge in [0.25, 0.3) is 0 Å². The van der Waals surface area contributed by atoms with Gasteiger partial charge in [-0.3, -0.25) is 4.79 Å². The highest BCUT2D eigenvalue weighted by Gasteiger charge is 2.33. The molecular formula is C15H28N2O. The molecule has 0 aliphatic heterocycles. The van der Waals surface area contributed by atoms with Crippen LogP contribution in [0.4, 0.5) is 0 Å². The Balaban J connectivity index is 1.77. The van der Waals surface area contributed by atoms with E-state index in [1.807, 2.05) is 0 Å². The molecule has 0 spiro atoms. The number of carbonyl (C=O) groups excluding carboxylic acids is 1. The van der Waals surface area contributed by atoms with Crippen LogP contribution in [-0.4, -0.2) is 19.0 Å². The van der Waals surface area contributed by atoms with Crippen LogP contribution in [0, 0.1) is 17.3 Å².